The van der Waals surface area contributed by atoms with Gasteiger partial charge in [0.15, 0.2) is 0 Å². The molecule has 0 aliphatic carbocycles. The molecular formula is C14H16ClNOS. The van der Waals surface area contributed by atoms with Crippen LogP contribution >= 0.6 is 22.9 Å². The Bertz CT molecular complexity index is 472. The van der Waals surface area contributed by atoms with Crippen molar-refractivity contribution in [1.82, 2.24) is 5.32 Å². The lowest BCUT2D eigenvalue weighted by Crippen LogP contribution is -2.23. The Morgan fingerprint density at radius 1 is 1.28 bits per heavy atom. The summed E-state index contributed by atoms with van der Waals surface area (Å²) >= 11 is 7.77. The molecule has 4 heteroatoms. The molecule has 0 saturated carbocycles. The number of hydrogen-bond acceptors (Lipinski definition) is 3. The van der Waals surface area contributed by atoms with Gasteiger partial charge in [0.05, 0.1) is 5.02 Å². The highest BCUT2D eigenvalue weighted by molar-refractivity contribution is 7.10. The van der Waals surface area contributed by atoms with Crippen molar-refractivity contribution in [2.75, 3.05) is 13.2 Å². The smallest absolute Gasteiger partial charge is 0.137 e. The molecule has 96 valence electrons. The summed E-state index contributed by atoms with van der Waals surface area (Å²) in [5.41, 5.74) is 0. The molecule has 0 radical (unpaired) electrons. The van der Waals surface area contributed by atoms with Crippen LogP contribution in [0.5, 0.6) is 5.75 Å². The van der Waals surface area contributed by atoms with E-state index in [0.29, 0.717) is 17.7 Å². The first-order valence-electron chi connectivity index (χ1n) is 5.91. The van der Waals surface area contributed by atoms with Crippen molar-refractivity contribution in [3.05, 3.63) is 51.7 Å². The molecule has 18 heavy (non-hydrogen) atoms. The molecule has 2 aromatic rings. The van der Waals surface area contributed by atoms with E-state index in [1.54, 1.807) is 11.3 Å². The van der Waals surface area contributed by atoms with Crippen molar-refractivity contribution in [2.24, 2.45) is 0 Å². The number of para-hydroxylation sites is 1. The van der Waals surface area contributed by atoms with Gasteiger partial charge in [-0.2, -0.15) is 0 Å². The maximum absolute atomic E-state index is 6.00. The van der Waals surface area contributed by atoms with Crippen LogP contribution < -0.4 is 10.1 Å². The van der Waals surface area contributed by atoms with Gasteiger partial charge in [0.1, 0.15) is 12.4 Å². The molecule has 0 saturated heterocycles. The van der Waals surface area contributed by atoms with E-state index in [1.165, 1.54) is 4.88 Å². The fourth-order valence-electron chi connectivity index (χ4n) is 1.64. The topological polar surface area (TPSA) is 21.3 Å². The standard InChI is InChI=1S/C14H16ClNOS/c1-11(14-7-4-10-18-14)16-8-9-17-13-6-3-2-5-12(13)15/h2-7,10-11,16H,8-9H2,1H3. The van der Waals surface area contributed by atoms with Crippen molar-refractivity contribution >= 4 is 22.9 Å². The van der Waals surface area contributed by atoms with Crippen molar-refractivity contribution < 1.29 is 4.74 Å². The summed E-state index contributed by atoms with van der Waals surface area (Å²) in [7, 11) is 0. The van der Waals surface area contributed by atoms with Crippen LogP contribution in [0.4, 0.5) is 0 Å². The maximum Gasteiger partial charge on any atom is 0.137 e. The van der Waals surface area contributed by atoms with Gasteiger partial charge >= 0.3 is 0 Å². The second kappa shape index (κ2) is 6.78. The molecule has 0 aliphatic heterocycles. The maximum atomic E-state index is 6.00. The van der Waals surface area contributed by atoms with Gasteiger partial charge in [-0.25, -0.2) is 0 Å². The Balaban J connectivity index is 1.72. The summed E-state index contributed by atoms with van der Waals surface area (Å²) in [6, 6.07) is 12.1. The number of hydrogen-bond donors (Lipinski definition) is 1. The minimum atomic E-state index is 0.361. The molecule has 1 unspecified atom stereocenters. The van der Waals surface area contributed by atoms with E-state index >= 15 is 0 Å². The highest BCUT2D eigenvalue weighted by Crippen LogP contribution is 2.23. The largest absolute Gasteiger partial charge is 0.491 e. The first-order valence-corrected chi connectivity index (χ1v) is 7.17. The number of thiophene rings is 1. The molecule has 1 atom stereocenters. The summed E-state index contributed by atoms with van der Waals surface area (Å²) in [6.07, 6.45) is 0. The fourth-order valence-corrected chi connectivity index (χ4v) is 2.59. The molecule has 1 heterocycles. The molecule has 0 spiro atoms. The number of rotatable bonds is 6. The number of ether oxygens (including phenoxy) is 1. The van der Waals surface area contributed by atoms with Gasteiger partial charge in [-0.15, -0.1) is 11.3 Å². The molecule has 2 nitrogen and oxygen atoms in total. The predicted molar refractivity (Wildman–Crippen MR) is 77.7 cm³/mol. The average Bonchev–Trinajstić information content (AvgIpc) is 2.90. The summed E-state index contributed by atoms with van der Waals surface area (Å²) in [5.74, 6) is 0.741. The van der Waals surface area contributed by atoms with Gasteiger partial charge in [-0.05, 0) is 30.5 Å². The zero-order valence-electron chi connectivity index (χ0n) is 10.2. The quantitative estimate of drug-likeness (QED) is 0.804. The minimum Gasteiger partial charge on any atom is -0.491 e. The van der Waals surface area contributed by atoms with Gasteiger partial charge in [0, 0.05) is 17.5 Å². The van der Waals surface area contributed by atoms with Crippen LogP contribution in [0.15, 0.2) is 41.8 Å². The normalized spacial score (nSPS) is 12.3. The number of nitrogens with one attached hydrogen (secondary N) is 1. The van der Waals surface area contributed by atoms with E-state index in [4.69, 9.17) is 16.3 Å². The van der Waals surface area contributed by atoms with Crippen LogP contribution in [-0.4, -0.2) is 13.2 Å². The third-order valence-corrected chi connectivity index (χ3v) is 3.98. The molecule has 1 N–H and O–H groups in total. The van der Waals surface area contributed by atoms with Crippen LogP contribution in [0, 0.1) is 0 Å². The first-order chi connectivity index (χ1) is 8.77. The lowest BCUT2D eigenvalue weighted by molar-refractivity contribution is 0.308. The number of benzene rings is 1. The lowest BCUT2D eigenvalue weighted by Gasteiger charge is -2.13. The second-order valence-electron chi connectivity index (χ2n) is 3.97. The monoisotopic (exact) mass is 281 g/mol. The minimum absolute atomic E-state index is 0.361. The van der Waals surface area contributed by atoms with E-state index in [9.17, 15) is 0 Å². The van der Waals surface area contributed by atoms with E-state index in [1.807, 2.05) is 24.3 Å². The van der Waals surface area contributed by atoms with Gasteiger partial charge in [0.25, 0.3) is 0 Å². The van der Waals surface area contributed by atoms with Gasteiger partial charge in [-0.1, -0.05) is 29.8 Å². The fraction of sp³-hybridized carbons (Fsp3) is 0.286. The predicted octanol–water partition coefficient (Wildman–Crippen LogP) is 4.13. The Labute approximate surface area is 117 Å². The van der Waals surface area contributed by atoms with Crippen LogP contribution in [0.2, 0.25) is 5.02 Å². The zero-order chi connectivity index (χ0) is 12.8. The zero-order valence-corrected chi connectivity index (χ0v) is 11.8. The Hall–Kier alpha value is -1.03. The van der Waals surface area contributed by atoms with Crippen LogP contribution in [-0.2, 0) is 0 Å². The van der Waals surface area contributed by atoms with Gasteiger partial charge in [-0.3, -0.25) is 0 Å². The molecule has 1 aromatic heterocycles. The molecule has 2 rings (SSSR count). The molecule has 0 amide bonds. The van der Waals surface area contributed by atoms with E-state index in [2.05, 4.69) is 29.8 Å². The molecule has 0 bridgehead atoms. The molecule has 0 fully saturated rings. The Kier molecular flexibility index (Phi) is 5.05. The van der Waals surface area contributed by atoms with Crippen LogP contribution in [0.3, 0.4) is 0 Å². The second-order valence-corrected chi connectivity index (χ2v) is 5.36. The first kappa shape index (κ1) is 13.4. The summed E-state index contributed by atoms with van der Waals surface area (Å²) < 4.78 is 5.61. The van der Waals surface area contributed by atoms with E-state index in [0.717, 1.165) is 12.3 Å². The summed E-state index contributed by atoms with van der Waals surface area (Å²) in [4.78, 5) is 1.34. The van der Waals surface area contributed by atoms with Crippen molar-refractivity contribution in [1.29, 1.82) is 0 Å². The van der Waals surface area contributed by atoms with Crippen LogP contribution in [0.1, 0.15) is 17.8 Å². The van der Waals surface area contributed by atoms with Crippen molar-refractivity contribution in [2.45, 2.75) is 13.0 Å². The highest BCUT2D eigenvalue weighted by Gasteiger charge is 2.05. The summed E-state index contributed by atoms with van der Waals surface area (Å²) in [6.45, 7) is 3.56. The lowest BCUT2D eigenvalue weighted by atomic mass is 10.3. The third kappa shape index (κ3) is 3.73. The van der Waals surface area contributed by atoms with E-state index in [-0.39, 0.29) is 0 Å². The van der Waals surface area contributed by atoms with Gasteiger partial charge < -0.3 is 10.1 Å². The Morgan fingerprint density at radius 2 is 2.11 bits per heavy atom. The highest BCUT2D eigenvalue weighted by atomic mass is 35.5. The van der Waals surface area contributed by atoms with Crippen molar-refractivity contribution in [3.63, 3.8) is 0 Å². The molecular weight excluding hydrogens is 266 g/mol. The molecule has 1 aromatic carbocycles. The molecule has 0 aliphatic rings. The Morgan fingerprint density at radius 3 is 2.83 bits per heavy atom. The SMILES string of the molecule is CC(NCCOc1ccccc1Cl)c1cccs1. The van der Waals surface area contributed by atoms with Gasteiger partial charge in [0.2, 0.25) is 0 Å². The third-order valence-electron chi connectivity index (χ3n) is 2.62. The van der Waals surface area contributed by atoms with Crippen LogP contribution in [0.25, 0.3) is 0 Å². The van der Waals surface area contributed by atoms with Crippen molar-refractivity contribution in [3.8, 4) is 5.75 Å². The average molecular weight is 282 g/mol. The van der Waals surface area contributed by atoms with E-state index < -0.39 is 0 Å². The summed E-state index contributed by atoms with van der Waals surface area (Å²) in [5, 5.41) is 6.16. The number of halogens is 1.